The molecule has 1 rings (SSSR count). The molecule has 0 aliphatic carbocycles. The molecule has 5 nitrogen and oxygen atoms in total. The molecule has 0 fully saturated rings. The lowest BCUT2D eigenvalue weighted by Crippen LogP contribution is -2.32. The predicted molar refractivity (Wildman–Crippen MR) is 70.6 cm³/mol. The monoisotopic (exact) mass is 266 g/mol. The van der Waals surface area contributed by atoms with Gasteiger partial charge in [0.1, 0.15) is 5.82 Å². The van der Waals surface area contributed by atoms with Crippen molar-refractivity contribution in [1.29, 1.82) is 5.26 Å². The molecule has 1 aromatic heterocycles. The number of pyridine rings is 1. The number of amides is 1. The van der Waals surface area contributed by atoms with Gasteiger partial charge in [-0.2, -0.15) is 5.26 Å². The first-order valence-electron chi connectivity index (χ1n) is 5.63. The zero-order chi connectivity index (χ0) is 13.5. The Labute approximate surface area is 111 Å². The Morgan fingerprint density at radius 1 is 1.67 bits per heavy atom. The standard InChI is InChI=1S/C12H15ClN4O/c1-3-17(6-4-5-14)12(18)9-7-11(15-2)16-8-10(9)13/h7-8H,3-4,6H2,1-2H3,(H,15,16). The van der Waals surface area contributed by atoms with E-state index in [0.29, 0.717) is 35.9 Å². The van der Waals surface area contributed by atoms with Crippen LogP contribution in [0, 0.1) is 11.3 Å². The van der Waals surface area contributed by atoms with Gasteiger partial charge in [-0.3, -0.25) is 4.79 Å². The minimum absolute atomic E-state index is 0.184. The molecule has 0 atom stereocenters. The zero-order valence-electron chi connectivity index (χ0n) is 10.4. The van der Waals surface area contributed by atoms with Crippen molar-refractivity contribution in [2.45, 2.75) is 13.3 Å². The van der Waals surface area contributed by atoms with E-state index in [9.17, 15) is 4.79 Å². The van der Waals surface area contributed by atoms with Gasteiger partial charge in [-0.15, -0.1) is 0 Å². The van der Waals surface area contributed by atoms with Crippen molar-refractivity contribution in [3.05, 3.63) is 22.8 Å². The van der Waals surface area contributed by atoms with Gasteiger partial charge in [0.25, 0.3) is 5.91 Å². The Morgan fingerprint density at radius 2 is 2.39 bits per heavy atom. The number of anilines is 1. The lowest BCUT2D eigenvalue weighted by Gasteiger charge is -2.20. The Hall–Kier alpha value is -1.80. The van der Waals surface area contributed by atoms with Crippen molar-refractivity contribution >= 4 is 23.3 Å². The molecule has 0 spiro atoms. The highest BCUT2D eigenvalue weighted by Gasteiger charge is 2.17. The third-order valence-electron chi connectivity index (χ3n) is 2.50. The fourth-order valence-electron chi connectivity index (χ4n) is 1.50. The Kier molecular flexibility index (Phi) is 5.40. The number of nitrogens with one attached hydrogen (secondary N) is 1. The van der Waals surface area contributed by atoms with Crippen LogP contribution in [0.15, 0.2) is 12.3 Å². The summed E-state index contributed by atoms with van der Waals surface area (Å²) in [6, 6.07) is 3.64. The first kappa shape index (κ1) is 14.3. The number of hydrogen-bond donors (Lipinski definition) is 1. The van der Waals surface area contributed by atoms with Crippen LogP contribution in [0.4, 0.5) is 5.82 Å². The second kappa shape index (κ2) is 6.82. The number of hydrogen-bond acceptors (Lipinski definition) is 4. The van der Waals surface area contributed by atoms with Gasteiger partial charge < -0.3 is 10.2 Å². The fraction of sp³-hybridized carbons (Fsp3) is 0.417. The maximum absolute atomic E-state index is 12.2. The first-order chi connectivity index (χ1) is 8.63. The summed E-state index contributed by atoms with van der Waals surface area (Å²) in [5.74, 6) is 0.399. The minimum Gasteiger partial charge on any atom is -0.373 e. The molecular weight excluding hydrogens is 252 g/mol. The first-order valence-corrected chi connectivity index (χ1v) is 6.01. The molecule has 1 amide bonds. The lowest BCUT2D eigenvalue weighted by atomic mass is 10.2. The average Bonchev–Trinajstić information content (AvgIpc) is 2.40. The van der Waals surface area contributed by atoms with E-state index in [1.807, 2.05) is 13.0 Å². The van der Waals surface area contributed by atoms with Crippen LogP contribution in [0.5, 0.6) is 0 Å². The molecule has 0 unspecified atom stereocenters. The molecule has 0 radical (unpaired) electrons. The summed E-state index contributed by atoms with van der Waals surface area (Å²) in [6.07, 6.45) is 1.75. The van der Waals surface area contributed by atoms with E-state index in [4.69, 9.17) is 16.9 Å². The van der Waals surface area contributed by atoms with E-state index in [0.717, 1.165) is 0 Å². The molecule has 6 heteroatoms. The van der Waals surface area contributed by atoms with E-state index >= 15 is 0 Å². The third kappa shape index (κ3) is 3.34. The lowest BCUT2D eigenvalue weighted by molar-refractivity contribution is 0.0768. The third-order valence-corrected chi connectivity index (χ3v) is 2.81. The summed E-state index contributed by atoms with van der Waals surface area (Å²) in [6.45, 7) is 2.80. The van der Waals surface area contributed by atoms with E-state index in [1.165, 1.54) is 6.20 Å². The van der Waals surface area contributed by atoms with Gasteiger partial charge in [0, 0.05) is 26.3 Å². The number of rotatable bonds is 5. The highest BCUT2D eigenvalue weighted by molar-refractivity contribution is 6.33. The number of nitriles is 1. The quantitative estimate of drug-likeness (QED) is 0.887. The molecule has 18 heavy (non-hydrogen) atoms. The molecule has 0 saturated heterocycles. The number of carbonyl (C=O) groups is 1. The van der Waals surface area contributed by atoms with Gasteiger partial charge in [-0.1, -0.05) is 11.6 Å². The van der Waals surface area contributed by atoms with Crippen molar-refractivity contribution in [3.63, 3.8) is 0 Å². The number of carbonyl (C=O) groups excluding carboxylic acids is 1. The SMILES string of the molecule is CCN(CCC#N)C(=O)c1cc(NC)ncc1Cl. The second-order valence-corrected chi connectivity index (χ2v) is 4.00. The summed E-state index contributed by atoms with van der Waals surface area (Å²) in [5.41, 5.74) is 0.399. The molecular formula is C12H15ClN4O. The van der Waals surface area contributed by atoms with Gasteiger partial charge in [-0.05, 0) is 13.0 Å². The highest BCUT2D eigenvalue weighted by atomic mass is 35.5. The van der Waals surface area contributed by atoms with Gasteiger partial charge in [0.15, 0.2) is 0 Å². The van der Waals surface area contributed by atoms with Crippen LogP contribution in [-0.2, 0) is 0 Å². The number of halogens is 1. The maximum atomic E-state index is 12.2. The molecule has 0 aliphatic heterocycles. The second-order valence-electron chi connectivity index (χ2n) is 3.59. The van der Waals surface area contributed by atoms with Crippen molar-refractivity contribution in [2.24, 2.45) is 0 Å². The largest absolute Gasteiger partial charge is 0.373 e. The molecule has 96 valence electrons. The Bertz CT molecular complexity index is 470. The minimum atomic E-state index is -0.184. The summed E-state index contributed by atoms with van der Waals surface area (Å²) >= 11 is 5.98. The van der Waals surface area contributed by atoms with E-state index in [-0.39, 0.29) is 5.91 Å². The van der Waals surface area contributed by atoms with Crippen molar-refractivity contribution in [1.82, 2.24) is 9.88 Å². The maximum Gasteiger partial charge on any atom is 0.255 e. The highest BCUT2D eigenvalue weighted by Crippen LogP contribution is 2.19. The van der Waals surface area contributed by atoms with Crippen LogP contribution in [0.1, 0.15) is 23.7 Å². The summed E-state index contributed by atoms with van der Waals surface area (Å²) in [4.78, 5) is 17.9. The molecule has 0 aliphatic rings. The predicted octanol–water partition coefficient (Wildman–Crippen LogP) is 2.15. The van der Waals surface area contributed by atoms with Crippen LogP contribution in [0.25, 0.3) is 0 Å². The summed E-state index contributed by atoms with van der Waals surface area (Å²) in [5, 5.41) is 11.7. The van der Waals surface area contributed by atoms with Gasteiger partial charge in [0.05, 0.1) is 23.1 Å². The summed E-state index contributed by atoms with van der Waals surface area (Å²) < 4.78 is 0. The molecule has 0 bridgehead atoms. The van der Waals surface area contributed by atoms with Crippen molar-refractivity contribution < 1.29 is 4.79 Å². The number of nitrogens with zero attached hydrogens (tertiary/aromatic N) is 3. The summed E-state index contributed by atoms with van der Waals surface area (Å²) in [7, 11) is 1.72. The van der Waals surface area contributed by atoms with Crippen molar-refractivity contribution in [2.75, 3.05) is 25.5 Å². The van der Waals surface area contributed by atoms with Gasteiger partial charge >= 0.3 is 0 Å². The average molecular weight is 267 g/mol. The van der Waals surface area contributed by atoms with E-state index < -0.39 is 0 Å². The normalized spacial score (nSPS) is 9.67. The molecule has 1 N–H and O–H groups in total. The van der Waals surface area contributed by atoms with Crippen LogP contribution in [0.3, 0.4) is 0 Å². The van der Waals surface area contributed by atoms with Crippen LogP contribution in [0.2, 0.25) is 5.02 Å². The van der Waals surface area contributed by atoms with E-state index in [2.05, 4.69) is 10.3 Å². The zero-order valence-corrected chi connectivity index (χ0v) is 11.2. The molecule has 0 saturated carbocycles. The molecule has 0 aromatic carbocycles. The van der Waals surface area contributed by atoms with Gasteiger partial charge in [-0.25, -0.2) is 4.98 Å². The Morgan fingerprint density at radius 3 is 2.94 bits per heavy atom. The van der Waals surface area contributed by atoms with Crippen LogP contribution < -0.4 is 5.32 Å². The smallest absolute Gasteiger partial charge is 0.255 e. The Balaban J connectivity index is 2.97. The molecule has 1 heterocycles. The van der Waals surface area contributed by atoms with Crippen LogP contribution in [-0.4, -0.2) is 35.9 Å². The van der Waals surface area contributed by atoms with E-state index in [1.54, 1.807) is 18.0 Å². The van der Waals surface area contributed by atoms with Gasteiger partial charge in [0.2, 0.25) is 0 Å². The van der Waals surface area contributed by atoms with Crippen molar-refractivity contribution in [3.8, 4) is 6.07 Å². The van der Waals surface area contributed by atoms with Crippen LogP contribution >= 0.6 is 11.6 Å². The fourth-order valence-corrected chi connectivity index (χ4v) is 1.68. The number of aromatic nitrogens is 1. The molecule has 1 aromatic rings. The topological polar surface area (TPSA) is 69.0 Å².